The zero-order valence-corrected chi connectivity index (χ0v) is 11.2. The Morgan fingerprint density at radius 2 is 1.78 bits per heavy atom. The number of H-pyrrole nitrogens is 1. The molecule has 1 aliphatic heterocycles. The number of aromatic amines is 1. The molecule has 0 spiro atoms. The van der Waals surface area contributed by atoms with Crippen molar-refractivity contribution in [3.8, 4) is 0 Å². The number of rotatable bonds is 2. The molecule has 1 saturated heterocycles. The maximum absolute atomic E-state index is 3.51. The van der Waals surface area contributed by atoms with Crippen LogP contribution in [-0.4, -0.2) is 23.0 Å². The molecule has 2 heterocycles. The van der Waals surface area contributed by atoms with Crippen molar-refractivity contribution in [2.24, 2.45) is 0 Å². The van der Waals surface area contributed by atoms with Crippen LogP contribution in [0.25, 0.3) is 10.9 Å². The van der Waals surface area contributed by atoms with Crippen molar-refractivity contribution in [2.75, 3.05) is 13.1 Å². The Kier molecular flexibility index (Phi) is 3.37. The van der Waals surface area contributed by atoms with Crippen LogP contribution in [0.3, 0.4) is 0 Å². The van der Waals surface area contributed by atoms with Crippen molar-refractivity contribution in [1.29, 1.82) is 0 Å². The first-order valence-electron chi connectivity index (χ1n) is 7.13. The Bertz CT molecular complexity index is 519. The fraction of sp³-hybridized carbons (Fsp3) is 0.500. The summed E-state index contributed by atoms with van der Waals surface area (Å²) in [6, 6.07) is 8.66. The number of aromatic nitrogens is 1. The zero-order valence-electron chi connectivity index (χ0n) is 11.2. The quantitative estimate of drug-likeness (QED) is 0.847. The van der Waals surface area contributed by atoms with Gasteiger partial charge in [0.1, 0.15) is 0 Å². The van der Waals surface area contributed by atoms with Crippen LogP contribution in [0.15, 0.2) is 24.3 Å². The monoisotopic (exact) mass is 242 g/mol. The number of nitrogens with one attached hydrogen (secondary N) is 1. The molecule has 0 atom stereocenters. The second-order valence-corrected chi connectivity index (χ2v) is 5.46. The normalized spacial score (nSPS) is 18.1. The third-order valence-electron chi connectivity index (χ3n) is 4.11. The summed E-state index contributed by atoms with van der Waals surface area (Å²) in [4.78, 5) is 6.13. The molecule has 1 N–H and O–H groups in total. The molecule has 0 aliphatic carbocycles. The van der Waals surface area contributed by atoms with Gasteiger partial charge in [-0.1, -0.05) is 31.0 Å². The van der Waals surface area contributed by atoms with E-state index < -0.39 is 0 Å². The van der Waals surface area contributed by atoms with Crippen LogP contribution in [0.2, 0.25) is 0 Å². The Hall–Kier alpha value is -1.28. The standard InChI is InChI=1S/C16H22N2/c1-13-15(12-18-10-6-2-3-7-11-18)14-8-4-5-9-16(14)17-13/h4-5,8-9,17H,2-3,6-7,10-12H2,1H3. The smallest absolute Gasteiger partial charge is 0.0459 e. The molecule has 0 radical (unpaired) electrons. The lowest BCUT2D eigenvalue weighted by Gasteiger charge is -2.19. The molecule has 0 bridgehead atoms. The molecule has 1 fully saturated rings. The van der Waals surface area contributed by atoms with Crippen LogP contribution >= 0.6 is 0 Å². The van der Waals surface area contributed by atoms with E-state index in [1.54, 1.807) is 0 Å². The number of fused-ring (bicyclic) bond motifs is 1. The molecule has 0 saturated carbocycles. The second kappa shape index (κ2) is 5.15. The molecule has 2 aromatic rings. The summed E-state index contributed by atoms with van der Waals surface area (Å²) < 4.78 is 0. The number of benzene rings is 1. The summed E-state index contributed by atoms with van der Waals surface area (Å²) in [6.07, 6.45) is 5.54. The summed E-state index contributed by atoms with van der Waals surface area (Å²) in [5.41, 5.74) is 4.10. The summed E-state index contributed by atoms with van der Waals surface area (Å²) in [6.45, 7) is 5.83. The molecule has 3 rings (SSSR count). The lowest BCUT2D eigenvalue weighted by atomic mass is 10.1. The van der Waals surface area contributed by atoms with Crippen molar-refractivity contribution in [3.05, 3.63) is 35.5 Å². The third-order valence-corrected chi connectivity index (χ3v) is 4.11. The first-order valence-corrected chi connectivity index (χ1v) is 7.13. The van der Waals surface area contributed by atoms with E-state index >= 15 is 0 Å². The van der Waals surface area contributed by atoms with Crippen LogP contribution < -0.4 is 0 Å². The highest BCUT2D eigenvalue weighted by Crippen LogP contribution is 2.24. The van der Waals surface area contributed by atoms with Crippen molar-refractivity contribution >= 4 is 10.9 Å². The zero-order chi connectivity index (χ0) is 12.4. The van der Waals surface area contributed by atoms with Gasteiger partial charge in [-0.15, -0.1) is 0 Å². The molecule has 0 amide bonds. The van der Waals surface area contributed by atoms with Gasteiger partial charge in [0, 0.05) is 23.1 Å². The number of hydrogen-bond donors (Lipinski definition) is 1. The van der Waals surface area contributed by atoms with E-state index in [2.05, 4.69) is 41.1 Å². The molecule has 1 aromatic heterocycles. The van der Waals surface area contributed by atoms with E-state index in [1.165, 1.54) is 60.9 Å². The van der Waals surface area contributed by atoms with Gasteiger partial charge in [0.2, 0.25) is 0 Å². The minimum atomic E-state index is 1.11. The molecule has 1 aliphatic rings. The topological polar surface area (TPSA) is 19.0 Å². The minimum Gasteiger partial charge on any atom is -0.358 e. The van der Waals surface area contributed by atoms with E-state index in [0.29, 0.717) is 0 Å². The first kappa shape index (κ1) is 11.8. The molecule has 0 unspecified atom stereocenters. The predicted octanol–water partition coefficient (Wildman–Crippen LogP) is 3.85. The van der Waals surface area contributed by atoms with Gasteiger partial charge in [-0.05, 0) is 44.5 Å². The maximum Gasteiger partial charge on any atom is 0.0459 e. The highest BCUT2D eigenvalue weighted by atomic mass is 15.1. The molecule has 2 nitrogen and oxygen atoms in total. The van der Waals surface area contributed by atoms with Gasteiger partial charge in [0.15, 0.2) is 0 Å². The number of nitrogens with zero attached hydrogens (tertiary/aromatic N) is 1. The SMILES string of the molecule is Cc1[nH]c2ccccc2c1CN1CCCCCC1. The Morgan fingerprint density at radius 3 is 2.56 bits per heavy atom. The van der Waals surface area contributed by atoms with Crippen LogP contribution in [-0.2, 0) is 6.54 Å². The molecular formula is C16H22N2. The molecular weight excluding hydrogens is 220 g/mol. The number of likely N-dealkylation sites (tertiary alicyclic amines) is 1. The van der Waals surface area contributed by atoms with Gasteiger partial charge >= 0.3 is 0 Å². The largest absolute Gasteiger partial charge is 0.358 e. The van der Waals surface area contributed by atoms with E-state index in [0.717, 1.165) is 6.54 Å². The first-order chi connectivity index (χ1) is 8.84. The van der Waals surface area contributed by atoms with Crippen LogP contribution in [0.5, 0.6) is 0 Å². The second-order valence-electron chi connectivity index (χ2n) is 5.46. The van der Waals surface area contributed by atoms with E-state index in [1.807, 2.05) is 0 Å². The summed E-state index contributed by atoms with van der Waals surface area (Å²) in [7, 11) is 0. The molecule has 1 aromatic carbocycles. The summed E-state index contributed by atoms with van der Waals surface area (Å²) in [5, 5.41) is 1.40. The van der Waals surface area contributed by atoms with Gasteiger partial charge in [-0.2, -0.15) is 0 Å². The van der Waals surface area contributed by atoms with Gasteiger partial charge in [-0.3, -0.25) is 4.90 Å². The highest BCUT2D eigenvalue weighted by Gasteiger charge is 2.14. The number of aryl methyl sites for hydroxylation is 1. The maximum atomic E-state index is 3.51. The van der Waals surface area contributed by atoms with E-state index in [4.69, 9.17) is 0 Å². The number of para-hydroxylation sites is 1. The Morgan fingerprint density at radius 1 is 1.06 bits per heavy atom. The Balaban J connectivity index is 1.87. The predicted molar refractivity (Wildman–Crippen MR) is 76.8 cm³/mol. The highest BCUT2D eigenvalue weighted by molar-refractivity contribution is 5.84. The third kappa shape index (κ3) is 2.30. The van der Waals surface area contributed by atoms with Crippen molar-refractivity contribution in [3.63, 3.8) is 0 Å². The summed E-state index contributed by atoms with van der Waals surface area (Å²) >= 11 is 0. The van der Waals surface area contributed by atoms with Gasteiger partial charge < -0.3 is 4.98 Å². The Labute approximate surface area is 109 Å². The van der Waals surface area contributed by atoms with E-state index in [-0.39, 0.29) is 0 Å². The summed E-state index contributed by atoms with van der Waals surface area (Å²) in [5.74, 6) is 0. The molecule has 18 heavy (non-hydrogen) atoms. The molecule has 96 valence electrons. The van der Waals surface area contributed by atoms with Crippen molar-refractivity contribution in [1.82, 2.24) is 9.88 Å². The minimum absolute atomic E-state index is 1.11. The fourth-order valence-electron chi connectivity index (χ4n) is 3.06. The average Bonchev–Trinajstić information content (AvgIpc) is 2.57. The van der Waals surface area contributed by atoms with E-state index in [9.17, 15) is 0 Å². The average molecular weight is 242 g/mol. The van der Waals surface area contributed by atoms with Crippen molar-refractivity contribution in [2.45, 2.75) is 39.2 Å². The van der Waals surface area contributed by atoms with Gasteiger partial charge in [-0.25, -0.2) is 0 Å². The number of hydrogen-bond acceptors (Lipinski definition) is 1. The van der Waals surface area contributed by atoms with Crippen LogP contribution in [0.4, 0.5) is 0 Å². The van der Waals surface area contributed by atoms with Crippen molar-refractivity contribution < 1.29 is 0 Å². The molecule has 2 heteroatoms. The van der Waals surface area contributed by atoms with Crippen LogP contribution in [0.1, 0.15) is 36.9 Å². The lowest BCUT2D eigenvalue weighted by Crippen LogP contribution is -2.24. The van der Waals surface area contributed by atoms with Crippen LogP contribution in [0, 0.1) is 6.92 Å². The van der Waals surface area contributed by atoms with Gasteiger partial charge in [0.05, 0.1) is 0 Å². The lowest BCUT2D eigenvalue weighted by molar-refractivity contribution is 0.277. The van der Waals surface area contributed by atoms with Gasteiger partial charge in [0.25, 0.3) is 0 Å². The fourth-order valence-corrected chi connectivity index (χ4v) is 3.06.